The summed E-state index contributed by atoms with van der Waals surface area (Å²) in [5.41, 5.74) is 0.195. The summed E-state index contributed by atoms with van der Waals surface area (Å²) in [5.74, 6) is 1.24. The van der Waals surface area contributed by atoms with Crippen molar-refractivity contribution in [1.82, 2.24) is 4.90 Å². The van der Waals surface area contributed by atoms with Crippen LogP contribution in [0, 0.1) is 5.92 Å². The van der Waals surface area contributed by atoms with Crippen molar-refractivity contribution in [1.29, 1.82) is 0 Å². The van der Waals surface area contributed by atoms with Crippen LogP contribution in [0.15, 0.2) is 24.3 Å². The first kappa shape index (κ1) is 19.6. The summed E-state index contributed by atoms with van der Waals surface area (Å²) >= 11 is 0. The second kappa shape index (κ2) is 8.73. The van der Waals surface area contributed by atoms with Crippen molar-refractivity contribution in [3.05, 3.63) is 24.3 Å². The van der Waals surface area contributed by atoms with Crippen LogP contribution in [0.1, 0.15) is 70.6 Å². The topological polar surface area (TPSA) is 61.8 Å². The van der Waals surface area contributed by atoms with Crippen LogP contribution in [0.2, 0.25) is 0 Å². The Hall–Kier alpha value is -1.75. The fourth-order valence-electron chi connectivity index (χ4n) is 5.19. The third-order valence-electron chi connectivity index (χ3n) is 6.97. The molecule has 1 aliphatic heterocycles. The van der Waals surface area contributed by atoms with E-state index >= 15 is 0 Å². The summed E-state index contributed by atoms with van der Waals surface area (Å²) in [4.78, 5) is 14.5. The van der Waals surface area contributed by atoms with Crippen LogP contribution in [0.3, 0.4) is 0 Å². The van der Waals surface area contributed by atoms with E-state index in [0.717, 1.165) is 37.1 Å². The molecule has 0 spiro atoms. The molecule has 3 fully saturated rings. The second-order valence-electron chi connectivity index (χ2n) is 8.91. The zero-order valence-electron chi connectivity index (χ0n) is 16.9. The lowest BCUT2D eigenvalue weighted by atomic mass is 9.72. The molecule has 1 saturated heterocycles. The van der Waals surface area contributed by atoms with Gasteiger partial charge in [0.05, 0.1) is 11.7 Å². The van der Waals surface area contributed by atoms with E-state index < -0.39 is 5.60 Å². The number of anilines is 1. The van der Waals surface area contributed by atoms with Gasteiger partial charge in [-0.25, -0.2) is 4.79 Å². The average molecular weight is 387 g/mol. The zero-order valence-corrected chi connectivity index (χ0v) is 16.9. The lowest BCUT2D eigenvalue weighted by molar-refractivity contribution is -0.0702. The molecule has 0 radical (unpaired) electrons. The normalized spacial score (nSPS) is 23.5. The predicted molar refractivity (Wildman–Crippen MR) is 111 cm³/mol. The molecule has 0 bridgehead atoms. The van der Waals surface area contributed by atoms with Crippen LogP contribution in [-0.4, -0.2) is 40.8 Å². The summed E-state index contributed by atoms with van der Waals surface area (Å²) < 4.78 is 6.04. The Labute approximate surface area is 168 Å². The van der Waals surface area contributed by atoms with E-state index in [1.165, 1.54) is 32.1 Å². The highest BCUT2D eigenvalue weighted by atomic mass is 16.5. The average Bonchev–Trinajstić information content (AvgIpc) is 3.22. The highest BCUT2D eigenvalue weighted by Crippen LogP contribution is 2.39. The number of carbonyl (C=O) groups excluding carboxylic acids is 1. The highest BCUT2D eigenvalue weighted by Gasteiger charge is 2.40. The van der Waals surface area contributed by atoms with Gasteiger partial charge in [0.2, 0.25) is 0 Å². The molecule has 5 nitrogen and oxygen atoms in total. The second-order valence-corrected chi connectivity index (χ2v) is 8.91. The number of benzene rings is 1. The van der Waals surface area contributed by atoms with Crippen molar-refractivity contribution >= 4 is 11.7 Å². The van der Waals surface area contributed by atoms with Gasteiger partial charge < -0.3 is 20.1 Å². The van der Waals surface area contributed by atoms with E-state index in [-0.39, 0.29) is 6.03 Å². The van der Waals surface area contributed by atoms with Crippen LogP contribution >= 0.6 is 0 Å². The molecular formula is C23H34N2O3. The first-order valence-corrected chi connectivity index (χ1v) is 11.2. The van der Waals surface area contributed by atoms with Crippen LogP contribution < -0.4 is 10.1 Å². The number of piperidine rings is 1. The first-order valence-electron chi connectivity index (χ1n) is 11.2. The van der Waals surface area contributed by atoms with E-state index in [9.17, 15) is 9.90 Å². The first-order chi connectivity index (χ1) is 13.6. The molecule has 2 aliphatic carbocycles. The summed E-state index contributed by atoms with van der Waals surface area (Å²) in [5, 5.41) is 14.1. The highest BCUT2D eigenvalue weighted by molar-refractivity contribution is 5.89. The zero-order chi connectivity index (χ0) is 19.4. The van der Waals surface area contributed by atoms with Crippen LogP contribution in [0.25, 0.3) is 0 Å². The molecule has 5 heteroatoms. The third kappa shape index (κ3) is 4.62. The molecular weight excluding hydrogens is 352 g/mol. The van der Waals surface area contributed by atoms with Gasteiger partial charge in [-0.05, 0) is 69.4 Å². The number of rotatable bonds is 4. The number of amides is 2. The molecule has 1 aromatic carbocycles. The number of hydrogen-bond acceptors (Lipinski definition) is 3. The van der Waals surface area contributed by atoms with Gasteiger partial charge in [0.1, 0.15) is 5.75 Å². The SMILES string of the molecule is O=C(Nc1cccc(OC2CCCC2)c1)N1CCC(O)(C2CCCCC2)CC1. The quantitative estimate of drug-likeness (QED) is 0.770. The Balaban J connectivity index is 1.29. The molecule has 1 aromatic rings. The Morgan fingerprint density at radius 1 is 1.04 bits per heavy atom. The Kier molecular flexibility index (Phi) is 6.10. The molecule has 2 saturated carbocycles. The van der Waals surface area contributed by atoms with Crippen molar-refractivity contribution in [2.75, 3.05) is 18.4 Å². The summed E-state index contributed by atoms with van der Waals surface area (Å²) in [6.45, 7) is 1.24. The maximum absolute atomic E-state index is 12.7. The minimum atomic E-state index is -0.577. The summed E-state index contributed by atoms with van der Waals surface area (Å²) in [6.07, 6.45) is 12.4. The van der Waals surface area contributed by atoms with Crippen LogP contribution in [-0.2, 0) is 0 Å². The van der Waals surface area contributed by atoms with Crippen molar-refractivity contribution < 1.29 is 14.6 Å². The number of nitrogens with one attached hydrogen (secondary N) is 1. The van der Waals surface area contributed by atoms with Crippen molar-refractivity contribution in [3.8, 4) is 5.75 Å². The summed E-state index contributed by atoms with van der Waals surface area (Å²) in [7, 11) is 0. The summed E-state index contributed by atoms with van der Waals surface area (Å²) in [6, 6.07) is 7.63. The molecule has 3 aliphatic rings. The maximum Gasteiger partial charge on any atom is 0.321 e. The van der Waals surface area contributed by atoms with Crippen LogP contribution in [0.5, 0.6) is 5.75 Å². The van der Waals surface area contributed by atoms with Gasteiger partial charge in [0.25, 0.3) is 0 Å². The predicted octanol–water partition coefficient (Wildman–Crippen LogP) is 4.95. The molecule has 28 heavy (non-hydrogen) atoms. The van der Waals surface area contributed by atoms with Gasteiger partial charge in [-0.15, -0.1) is 0 Å². The van der Waals surface area contributed by atoms with E-state index in [1.807, 2.05) is 29.2 Å². The fourth-order valence-corrected chi connectivity index (χ4v) is 5.19. The van der Waals surface area contributed by atoms with Gasteiger partial charge in [-0.3, -0.25) is 0 Å². The molecule has 0 unspecified atom stereocenters. The van der Waals surface area contributed by atoms with E-state index in [2.05, 4.69) is 5.32 Å². The molecule has 0 aromatic heterocycles. The molecule has 2 N–H and O–H groups in total. The van der Waals surface area contributed by atoms with Crippen molar-refractivity contribution in [3.63, 3.8) is 0 Å². The Bertz CT molecular complexity index is 658. The Morgan fingerprint density at radius 2 is 1.71 bits per heavy atom. The van der Waals surface area contributed by atoms with Gasteiger partial charge >= 0.3 is 6.03 Å². The van der Waals surface area contributed by atoms with Gasteiger partial charge in [0.15, 0.2) is 0 Å². The maximum atomic E-state index is 12.7. The smallest absolute Gasteiger partial charge is 0.321 e. The molecule has 2 amide bonds. The number of aliphatic hydroxyl groups is 1. The monoisotopic (exact) mass is 386 g/mol. The number of urea groups is 1. The largest absolute Gasteiger partial charge is 0.490 e. The number of carbonyl (C=O) groups is 1. The minimum absolute atomic E-state index is 0.0799. The molecule has 154 valence electrons. The fraction of sp³-hybridized carbons (Fsp3) is 0.696. The lowest BCUT2D eigenvalue weighted by Gasteiger charge is -2.44. The van der Waals surface area contributed by atoms with Gasteiger partial charge in [0, 0.05) is 24.8 Å². The van der Waals surface area contributed by atoms with Gasteiger partial charge in [-0.1, -0.05) is 25.3 Å². The molecule has 1 heterocycles. The van der Waals surface area contributed by atoms with Gasteiger partial charge in [-0.2, -0.15) is 0 Å². The number of nitrogens with zero attached hydrogens (tertiary/aromatic N) is 1. The molecule has 0 atom stereocenters. The van der Waals surface area contributed by atoms with Crippen molar-refractivity contribution in [2.45, 2.75) is 82.3 Å². The molecule has 4 rings (SSSR count). The third-order valence-corrected chi connectivity index (χ3v) is 6.97. The number of hydrogen-bond donors (Lipinski definition) is 2. The minimum Gasteiger partial charge on any atom is -0.490 e. The lowest BCUT2D eigenvalue weighted by Crippen LogP contribution is -2.51. The number of likely N-dealkylation sites (tertiary alicyclic amines) is 1. The van der Waals surface area contributed by atoms with Crippen molar-refractivity contribution in [2.24, 2.45) is 5.92 Å². The van der Waals surface area contributed by atoms with Crippen LogP contribution in [0.4, 0.5) is 10.5 Å². The number of ether oxygens (including phenoxy) is 1. The van der Waals surface area contributed by atoms with E-state index in [4.69, 9.17) is 4.74 Å². The van der Waals surface area contributed by atoms with E-state index in [1.54, 1.807) is 0 Å². The standard InChI is InChI=1S/C23H34N2O3/c26-22(24-19-9-6-12-21(17-19)28-20-10-4-5-11-20)25-15-13-23(27,14-16-25)18-7-2-1-3-8-18/h6,9,12,17-18,20,27H,1-5,7-8,10-11,13-16H2,(H,24,26). The van der Waals surface area contributed by atoms with E-state index in [0.29, 0.717) is 38.0 Å². The Morgan fingerprint density at radius 3 is 2.43 bits per heavy atom.